The SMILES string of the molecule is Cn1cc(-c2ccc3cnc(NC(=O)C4CCN(CC5(C(F)(F)F)CC5)CC4)cc3n2)nn1. The van der Waals surface area contributed by atoms with Gasteiger partial charge in [-0.1, -0.05) is 5.21 Å². The van der Waals surface area contributed by atoms with Crippen molar-refractivity contribution >= 4 is 22.6 Å². The van der Waals surface area contributed by atoms with Crippen molar-refractivity contribution in [3.05, 3.63) is 30.6 Å². The molecule has 1 N–H and O–H groups in total. The van der Waals surface area contributed by atoms with E-state index in [-0.39, 0.29) is 31.2 Å². The molecule has 0 spiro atoms. The molecular formula is C22H24F3N7O. The number of hydrogen-bond acceptors (Lipinski definition) is 6. The van der Waals surface area contributed by atoms with Gasteiger partial charge in [0.15, 0.2) is 0 Å². The lowest BCUT2D eigenvalue weighted by Gasteiger charge is -2.34. The van der Waals surface area contributed by atoms with Gasteiger partial charge in [0.2, 0.25) is 5.91 Å². The highest BCUT2D eigenvalue weighted by atomic mass is 19.4. The number of pyridine rings is 2. The van der Waals surface area contributed by atoms with Gasteiger partial charge in [0.25, 0.3) is 0 Å². The van der Waals surface area contributed by atoms with Crippen molar-refractivity contribution < 1.29 is 18.0 Å². The van der Waals surface area contributed by atoms with Crippen molar-refractivity contribution in [2.45, 2.75) is 31.9 Å². The lowest BCUT2D eigenvalue weighted by molar-refractivity contribution is -0.192. The molecule has 11 heteroatoms. The first-order valence-electron chi connectivity index (χ1n) is 11.0. The maximum Gasteiger partial charge on any atom is 0.395 e. The van der Waals surface area contributed by atoms with Crippen LogP contribution >= 0.6 is 0 Å². The number of likely N-dealkylation sites (tertiary alicyclic amines) is 1. The number of fused-ring (bicyclic) bond motifs is 1. The monoisotopic (exact) mass is 459 g/mol. The molecule has 1 aliphatic heterocycles. The number of hydrogen-bond donors (Lipinski definition) is 1. The van der Waals surface area contributed by atoms with E-state index in [9.17, 15) is 18.0 Å². The molecule has 1 aliphatic carbocycles. The number of aromatic nitrogens is 5. The Bertz CT molecular complexity index is 1180. The first-order valence-corrected chi connectivity index (χ1v) is 11.0. The topological polar surface area (TPSA) is 88.8 Å². The summed E-state index contributed by atoms with van der Waals surface area (Å²) in [5, 5.41) is 11.7. The summed E-state index contributed by atoms with van der Waals surface area (Å²) in [5.74, 6) is -0.0186. The average Bonchev–Trinajstić information content (AvgIpc) is 3.45. The van der Waals surface area contributed by atoms with Crippen molar-refractivity contribution in [2.24, 2.45) is 18.4 Å². The van der Waals surface area contributed by atoms with Crippen LogP contribution in [0.1, 0.15) is 25.7 Å². The Morgan fingerprint density at radius 3 is 2.61 bits per heavy atom. The van der Waals surface area contributed by atoms with E-state index >= 15 is 0 Å². The summed E-state index contributed by atoms with van der Waals surface area (Å²) >= 11 is 0. The third-order valence-electron chi connectivity index (χ3n) is 6.63. The fourth-order valence-corrected chi connectivity index (χ4v) is 4.38. The second kappa shape index (κ2) is 8.05. The number of nitrogens with one attached hydrogen (secondary N) is 1. The number of amides is 1. The summed E-state index contributed by atoms with van der Waals surface area (Å²) in [6, 6.07) is 5.43. The molecule has 0 aromatic carbocycles. The van der Waals surface area contributed by atoms with Gasteiger partial charge in [-0.15, -0.1) is 5.10 Å². The molecular weight excluding hydrogens is 435 g/mol. The minimum atomic E-state index is -4.15. The van der Waals surface area contributed by atoms with Crippen LogP contribution in [0.4, 0.5) is 19.0 Å². The van der Waals surface area contributed by atoms with Crippen molar-refractivity contribution in [1.29, 1.82) is 0 Å². The van der Waals surface area contributed by atoms with Crippen LogP contribution in [0.2, 0.25) is 0 Å². The van der Waals surface area contributed by atoms with Gasteiger partial charge in [0.1, 0.15) is 11.5 Å². The second-order valence-corrected chi connectivity index (χ2v) is 9.05. The van der Waals surface area contributed by atoms with Gasteiger partial charge in [-0.05, 0) is 50.9 Å². The predicted octanol–water partition coefficient (Wildman–Crippen LogP) is 3.42. The Labute approximate surface area is 188 Å². The molecule has 2 aliphatic rings. The Morgan fingerprint density at radius 2 is 1.97 bits per heavy atom. The van der Waals surface area contributed by atoms with E-state index in [0.29, 0.717) is 48.7 Å². The molecule has 0 bridgehead atoms. The first kappa shape index (κ1) is 21.7. The summed E-state index contributed by atoms with van der Waals surface area (Å²) in [6.45, 7) is 1.02. The third-order valence-corrected chi connectivity index (χ3v) is 6.63. The molecule has 4 heterocycles. The van der Waals surface area contributed by atoms with Crippen LogP contribution in [0.3, 0.4) is 0 Å². The summed E-state index contributed by atoms with van der Waals surface area (Å²) in [5.41, 5.74) is 0.444. The number of nitrogens with zero attached hydrogens (tertiary/aromatic N) is 6. The van der Waals surface area contributed by atoms with Crippen LogP contribution in [0, 0.1) is 11.3 Å². The van der Waals surface area contributed by atoms with Gasteiger partial charge in [-0.3, -0.25) is 9.48 Å². The van der Waals surface area contributed by atoms with E-state index in [1.165, 1.54) is 0 Å². The molecule has 1 saturated heterocycles. The molecule has 174 valence electrons. The summed E-state index contributed by atoms with van der Waals surface area (Å²) < 4.78 is 41.3. The molecule has 33 heavy (non-hydrogen) atoms. The van der Waals surface area contributed by atoms with Crippen molar-refractivity contribution in [2.75, 3.05) is 25.0 Å². The fourth-order valence-electron chi connectivity index (χ4n) is 4.38. The third kappa shape index (κ3) is 4.41. The predicted molar refractivity (Wildman–Crippen MR) is 115 cm³/mol. The van der Waals surface area contributed by atoms with Gasteiger partial charge in [0.05, 0.1) is 22.8 Å². The van der Waals surface area contributed by atoms with Gasteiger partial charge in [0, 0.05) is 37.2 Å². The van der Waals surface area contributed by atoms with E-state index in [1.807, 2.05) is 17.0 Å². The maximum atomic E-state index is 13.2. The summed E-state index contributed by atoms with van der Waals surface area (Å²) in [7, 11) is 1.78. The zero-order chi connectivity index (χ0) is 23.2. The number of aryl methyl sites for hydroxylation is 1. The Morgan fingerprint density at radius 1 is 1.21 bits per heavy atom. The van der Waals surface area contributed by atoms with Crippen LogP contribution < -0.4 is 5.32 Å². The normalized spacial score (nSPS) is 19.0. The molecule has 3 aromatic heterocycles. The zero-order valence-electron chi connectivity index (χ0n) is 18.1. The lowest BCUT2D eigenvalue weighted by atomic mass is 9.94. The Balaban J connectivity index is 1.21. The number of halogens is 3. The number of carbonyl (C=O) groups is 1. The lowest BCUT2D eigenvalue weighted by Crippen LogP contribution is -2.44. The van der Waals surface area contributed by atoms with Gasteiger partial charge >= 0.3 is 6.18 Å². The summed E-state index contributed by atoms with van der Waals surface area (Å²) in [6.07, 6.45) is 0.737. The molecule has 0 radical (unpaired) electrons. The highest BCUT2D eigenvalue weighted by Gasteiger charge is 2.63. The Kier molecular flexibility index (Phi) is 5.31. The quantitative estimate of drug-likeness (QED) is 0.629. The van der Waals surface area contributed by atoms with Crippen LogP contribution in [0.5, 0.6) is 0 Å². The Hall–Kier alpha value is -3.08. The minimum absolute atomic E-state index is 0.0386. The molecule has 1 saturated carbocycles. The highest BCUT2D eigenvalue weighted by Crippen LogP contribution is 2.58. The maximum absolute atomic E-state index is 13.2. The molecule has 8 nitrogen and oxygen atoms in total. The average molecular weight is 459 g/mol. The van der Waals surface area contributed by atoms with E-state index in [1.54, 1.807) is 30.2 Å². The van der Waals surface area contributed by atoms with E-state index in [2.05, 4.69) is 25.6 Å². The zero-order valence-corrected chi connectivity index (χ0v) is 18.1. The first-order chi connectivity index (χ1) is 15.7. The number of carbonyl (C=O) groups excluding carboxylic acids is 1. The summed E-state index contributed by atoms with van der Waals surface area (Å²) in [4.78, 5) is 23.5. The van der Waals surface area contributed by atoms with E-state index in [0.717, 1.165) is 5.39 Å². The standard InChI is InChI=1S/C22H24F3N7O/c1-31-12-18(29-30-31)16-3-2-15-11-26-19(10-17(15)27-16)28-20(33)14-4-8-32(9-5-14)13-21(6-7-21)22(23,24)25/h2-3,10-12,14H,4-9,13H2,1H3,(H,26,28,33). The number of anilines is 1. The minimum Gasteiger partial charge on any atom is -0.310 e. The largest absolute Gasteiger partial charge is 0.395 e. The van der Waals surface area contributed by atoms with E-state index < -0.39 is 11.6 Å². The van der Waals surface area contributed by atoms with Crippen LogP contribution in [-0.4, -0.2) is 61.6 Å². The molecule has 1 amide bonds. The number of rotatable bonds is 5. The van der Waals surface area contributed by atoms with Crippen molar-refractivity contribution in [1.82, 2.24) is 29.9 Å². The highest BCUT2D eigenvalue weighted by molar-refractivity contribution is 5.93. The molecule has 5 rings (SSSR count). The molecule has 0 unspecified atom stereocenters. The fraction of sp³-hybridized carbons (Fsp3) is 0.500. The van der Waals surface area contributed by atoms with Crippen molar-refractivity contribution in [3.63, 3.8) is 0 Å². The van der Waals surface area contributed by atoms with Crippen LogP contribution in [0.25, 0.3) is 22.3 Å². The van der Waals surface area contributed by atoms with Gasteiger partial charge < -0.3 is 10.2 Å². The van der Waals surface area contributed by atoms with Crippen LogP contribution in [0.15, 0.2) is 30.6 Å². The number of alkyl halides is 3. The van der Waals surface area contributed by atoms with E-state index in [4.69, 9.17) is 0 Å². The molecule has 3 aromatic rings. The van der Waals surface area contributed by atoms with Crippen molar-refractivity contribution in [3.8, 4) is 11.4 Å². The van der Waals surface area contributed by atoms with Gasteiger partial charge in [-0.25, -0.2) is 9.97 Å². The van der Waals surface area contributed by atoms with Gasteiger partial charge in [-0.2, -0.15) is 13.2 Å². The second-order valence-electron chi connectivity index (χ2n) is 9.05. The molecule has 2 fully saturated rings. The number of piperidine rings is 1. The van der Waals surface area contributed by atoms with Crippen LogP contribution in [-0.2, 0) is 11.8 Å². The smallest absolute Gasteiger partial charge is 0.310 e. The molecule has 0 atom stereocenters.